The molecule has 0 amide bonds. The molecule has 0 radical (unpaired) electrons. The molecule has 0 aliphatic heterocycles. The number of benzene rings is 11. The van der Waals surface area contributed by atoms with Crippen molar-refractivity contribution in [3.05, 3.63) is 358 Å². The smallest absolute Gasteiger partial charge is 0.237 e. The zero-order chi connectivity index (χ0) is 68.6. The maximum Gasteiger partial charge on any atom is 0.237 e. The molecule has 0 unspecified atom stereocenters. The first-order valence-corrected chi connectivity index (χ1v) is 34.8. The molecule has 21 aromatic rings. The highest BCUT2D eigenvalue weighted by Gasteiger charge is 2.23. The highest BCUT2D eigenvalue weighted by atomic mass is 15.2. The second kappa shape index (κ2) is 24.9. The van der Waals surface area contributed by atoms with Crippen molar-refractivity contribution in [1.82, 2.24) is 53.2 Å². The molecule has 10 heterocycles. The predicted octanol–water partition coefficient (Wildman–Crippen LogP) is 22.7. The van der Waals surface area contributed by atoms with Crippen LogP contribution in [0.1, 0.15) is 0 Å². The summed E-state index contributed by atoms with van der Waals surface area (Å²) in [6, 6.07) is 117. The fourth-order valence-corrected chi connectivity index (χ4v) is 15.5. The molecule has 104 heavy (non-hydrogen) atoms. The predicted molar refractivity (Wildman–Crippen MR) is 425 cm³/mol. The van der Waals surface area contributed by atoms with E-state index in [4.69, 9.17) is 24.9 Å². The number of aromatic nitrogens is 11. The summed E-state index contributed by atoms with van der Waals surface area (Å²) >= 11 is 0. The number of nitrogens with zero attached hydrogens (tertiary/aromatic N) is 11. The van der Waals surface area contributed by atoms with Gasteiger partial charge in [0, 0.05) is 95.9 Å². The standard InChI is InChI=1S/C50H32N6.C43H27N5/c1-2-12-36(13-3-1)55-46-19-5-4-14-40(46)49-38(15-10-20-48(49)55)34-23-26-47-41(30-34)39-16-11-29-53-50(39)56(47)37-24-21-33(22-25-37)35-31-44(42-17-6-8-27-51-42)54-45(32-35)43-18-7-9-28-52-43;1-3-13-28(14-4-1)41-33-17-7-9-21-36(33)45-43(46-41)48-38-25-24-29(27-35(38)32-20-12-26-44-42(32)48)31-19-11-23-39-40(31)34-18-8-10-22-37(34)47(39)30-15-5-2-6-16-30/h1-32H;1-27H. The van der Waals surface area contributed by atoms with Crippen molar-refractivity contribution >= 4 is 98.4 Å². The van der Waals surface area contributed by atoms with Gasteiger partial charge >= 0.3 is 0 Å². The summed E-state index contributed by atoms with van der Waals surface area (Å²) in [6.45, 7) is 0. The van der Waals surface area contributed by atoms with Crippen LogP contribution in [0.2, 0.25) is 0 Å². The maximum atomic E-state index is 5.21. The Balaban J connectivity index is 0.000000140. The van der Waals surface area contributed by atoms with Crippen molar-refractivity contribution in [3.63, 3.8) is 0 Å². The second-order valence-corrected chi connectivity index (χ2v) is 26.0. The Labute approximate surface area is 596 Å². The zero-order valence-corrected chi connectivity index (χ0v) is 56.0. The van der Waals surface area contributed by atoms with Crippen LogP contribution in [0.4, 0.5) is 0 Å². The summed E-state index contributed by atoms with van der Waals surface area (Å²) in [4.78, 5) is 34.3. The van der Waals surface area contributed by atoms with Crippen LogP contribution in [0, 0.1) is 0 Å². The minimum Gasteiger partial charge on any atom is -0.309 e. The highest BCUT2D eigenvalue weighted by Crippen LogP contribution is 2.44. The molecule has 0 N–H and O–H groups in total. The number of fused-ring (bicyclic) bond motifs is 13. The van der Waals surface area contributed by atoms with Crippen molar-refractivity contribution in [2.45, 2.75) is 0 Å². The Bertz CT molecular complexity index is 6830. The Morgan fingerprint density at radius 3 is 1.19 bits per heavy atom. The largest absolute Gasteiger partial charge is 0.309 e. The first-order chi connectivity index (χ1) is 51.6. The van der Waals surface area contributed by atoms with Gasteiger partial charge in [-0.05, 0) is 185 Å². The van der Waals surface area contributed by atoms with E-state index in [0.29, 0.717) is 5.95 Å². The third kappa shape index (κ3) is 10.0. The minimum atomic E-state index is 0.604. The topological polar surface area (TPSA) is 110 Å². The van der Waals surface area contributed by atoms with E-state index in [2.05, 4.69) is 283 Å². The lowest BCUT2D eigenvalue weighted by atomic mass is 9.98. The van der Waals surface area contributed by atoms with Gasteiger partial charge in [-0.1, -0.05) is 182 Å². The lowest BCUT2D eigenvalue weighted by Crippen LogP contribution is -2.04. The van der Waals surface area contributed by atoms with Gasteiger partial charge in [0.2, 0.25) is 5.95 Å². The van der Waals surface area contributed by atoms with Gasteiger partial charge in [0.1, 0.15) is 11.3 Å². The van der Waals surface area contributed by atoms with Crippen LogP contribution < -0.4 is 0 Å². The second-order valence-electron chi connectivity index (χ2n) is 26.0. The summed E-state index contributed by atoms with van der Waals surface area (Å²) in [7, 11) is 0. The zero-order valence-electron chi connectivity index (χ0n) is 56.0. The molecule has 11 heteroatoms. The normalized spacial score (nSPS) is 11.7. The third-order valence-electron chi connectivity index (χ3n) is 20.1. The number of rotatable bonds is 10. The van der Waals surface area contributed by atoms with E-state index in [0.717, 1.165) is 123 Å². The quantitative estimate of drug-likeness (QED) is 0.134. The van der Waals surface area contributed by atoms with Crippen LogP contribution in [0.5, 0.6) is 0 Å². The van der Waals surface area contributed by atoms with Gasteiger partial charge in [0.25, 0.3) is 0 Å². The lowest BCUT2D eigenvalue weighted by molar-refractivity contribution is 0.998. The number of para-hydroxylation sites is 5. The SMILES string of the molecule is c1ccc(-c2nc(-n3c4ccc(-c5cccc6c5c5ccccc5n6-c5ccccc5)cc4c4cccnc43)nc3ccccc23)cc1.c1ccc(-n2c3ccccc3c3c(-c4ccc5c(c4)c4cccnc4n5-c4ccc(-c5cc(-c6ccccn6)nc(-c6ccccn6)c5)cc4)cccc32)cc1. The molecular weight excluding hydrogens is 1270 g/mol. The van der Waals surface area contributed by atoms with Gasteiger partial charge in [-0.15, -0.1) is 0 Å². The summed E-state index contributed by atoms with van der Waals surface area (Å²) < 4.78 is 9.11. The minimum absolute atomic E-state index is 0.604. The molecule has 0 bridgehead atoms. The summed E-state index contributed by atoms with van der Waals surface area (Å²) in [5, 5.41) is 10.4. The molecule has 0 aliphatic carbocycles. The van der Waals surface area contributed by atoms with Crippen molar-refractivity contribution in [1.29, 1.82) is 0 Å². The van der Waals surface area contributed by atoms with Gasteiger partial charge in [0.05, 0.1) is 67.1 Å². The van der Waals surface area contributed by atoms with Gasteiger partial charge in [-0.3, -0.25) is 19.1 Å². The molecule has 0 fully saturated rings. The molecule has 0 atom stereocenters. The van der Waals surface area contributed by atoms with Crippen LogP contribution >= 0.6 is 0 Å². The Kier molecular flexibility index (Phi) is 14.3. The molecule has 0 aliphatic rings. The Hall–Kier alpha value is -14.3. The average Bonchev–Trinajstić information content (AvgIpc) is 1.58. The van der Waals surface area contributed by atoms with Crippen molar-refractivity contribution in [2.75, 3.05) is 0 Å². The fraction of sp³-hybridized carbons (Fsp3) is 0. The van der Waals surface area contributed by atoms with Crippen LogP contribution in [-0.2, 0) is 0 Å². The number of hydrogen-bond acceptors (Lipinski definition) is 7. The summed E-state index contributed by atoms with van der Waals surface area (Å²) in [6.07, 6.45) is 7.32. The van der Waals surface area contributed by atoms with Crippen LogP contribution in [-0.4, -0.2) is 53.2 Å². The van der Waals surface area contributed by atoms with Crippen molar-refractivity contribution in [2.24, 2.45) is 0 Å². The monoisotopic (exact) mass is 1330 g/mol. The molecule has 11 nitrogen and oxygen atoms in total. The molecule has 486 valence electrons. The molecular formula is C93H59N11. The van der Waals surface area contributed by atoms with Crippen molar-refractivity contribution < 1.29 is 0 Å². The van der Waals surface area contributed by atoms with E-state index in [1.807, 2.05) is 91.3 Å². The van der Waals surface area contributed by atoms with E-state index in [1.165, 1.54) is 60.3 Å². The van der Waals surface area contributed by atoms with Gasteiger partial charge in [-0.25, -0.2) is 24.9 Å². The summed E-state index contributed by atoms with van der Waals surface area (Å²) in [5.74, 6) is 0.604. The molecule has 10 aromatic heterocycles. The highest BCUT2D eigenvalue weighted by molar-refractivity contribution is 6.19. The third-order valence-corrected chi connectivity index (χ3v) is 20.1. The Morgan fingerprint density at radius 1 is 0.212 bits per heavy atom. The van der Waals surface area contributed by atoms with E-state index in [1.54, 1.807) is 12.4 Å². The van der Waals surface area contributed by atoms with Crippen LogP contribution in [0.3, 0.4) is 0 Å². The fourth-order valence-electron chi connectivity index (χ4n) is 15.5. The molecule has 0 saturated heterocycles. The van der Waals surface area contributed by atoms with E-state index >= 15 is 0 Å². The maximum absolute atomic E-state index is 5.21. The van der Waals surface area contributed by atoms with Crippen molar-refractivity contribution in [3.8, 4) is 90.4 Å². The first kappa shape index (κ1) is 59.7. The van der Waals surface area contributed by atoms with Crippen LogP contribution in [0.15, 0.2) is 358 Å². The number of hydrogen-bond donors (Lipinski definition) is 0. The van der Waals surface area contributed by atoms with Gasteiger partial charge in [-0.2, -0.15) is 0 Å². The average molecular weight is 1330 g/mol. The van der Waals surface area contributed by atoms with Gasteiger partial charge < -0.3 is 9.13 Å². The van der Waals surface area contributed by atoms with Crippen LogP contribution in [0.25, 0.3) is 189 Å². The Morgan fingerprint density at radius 2 is 0.644 bits per heavy atom. The first-order valence-electron chi connectivity index (χ1n) is 34.8. The molecule has 21 rings (SSSR count). The number of pyridine rings is 5. The van der Waals surface area contributed by atoms with E-state index in [-0.39, 0.29) is 0 Å². The van der Waals surface area contributed by atoms with E-state index < -0.39 is 0 Å². The molecule has 0 spiro atoms. The molecule has 11 aromatic carbocycles. The summed E-state index contributed by atoms with van der Waals surface area (Å²) in [5.41, 5.74) is 24.9. The lowest BCUT2D eigenvalue weighted by Gasteiger charge is -2.12. The van der Waals surface area contributed by atoms with Gasteiger partial charge in [0.15, 0.2) is 0 Å². The van der Waals surface area contributed by atoms with E-state index in [9.17, 15) is 0 Å². The molecule has 0 saturated carbocycles.